The molecule has 4 aromatic rings. The second-order valence-electron chi connectivity index (χ2n) is 7.84. The predicted molar refractivity (Wildman–Crippen MR) is 130 cm³/mol. The van der Waals surface area contributed by atoms with Gasteiger partial charge in [-0.1, -0.05) is 40.2 Å². The number of rotatable bonds is 4. The van der Waals surface area contributed by atoms with Crippen LogP contribution in [0.15, 0.2) is 87.9 Å². The highest BCUT2D eigenvalue weighted by Gasteiger charge is 2.25. The summed E-state index contributed by atoms with van der Waals surface area (Å²) in [5, 5.41) is 0. The van der Waals surface area contributed by atoms with Crippen LogP contribution in [-0.2, 0) is 0 Å². The molecule has 5 rings (SSSR count). The highest BCUT2D eigenvalue weighted by Crippen LogP contribution is 2.30. The molecule has 3 aromatic carbocycles. The monoisotopic (exact) mass is 505 g/mol. The summed E-state index contributed by atoms with van der Waals surface area (Å²) in [6.45, 7) is 2.54. The molecule has 0 bridgehead atoms. The van der Waals surface area contributed by atoms with Crippen LogP contribution in [0.4, 0.5) is 10.1 Å². The van der Waals surface area contributed by atoms with Gasteiger partial charge in [-0.25, -0.2) is 9.37 Å². The zero-order chi connectivity index (χ0) is 22.8. The van der Waals surface area contributed by atoms with E-state index in [1.165, 1.54) is 12.1 Å². The molecule has 0 atom stereocenters. The molecule has 1 aromatic heterocycles. The van der Waals surface area contributed by atoms with Crippen LogP contribution in [0.5, 0.6) is 0 Å². The zero-order valence-electron chi connectivity index (χ0n) is 17.7. The molecule has 7 heteroatoms. The number of hydrogen-bond donors (Lipinski definition) is 0. The standard InChI is InChI=1S/C26H21BrFN3O2/c27-19-5-3-4-18(16-19)24-17-29-25(33-24)22-6-1-2-7-23(22)26(32)31-14-12-30(13-15-31)21-10-8-20(28)9-11-21/h1-11,16-17H,12-15H2. The van der Waals surface area contributed by atoms with Crippen molar-refractivity contribution in [1.82, 2.24) is 9.88 Å². The third kappa shape index (κ3) is 4.54. The van der Waals surface area contributed by atoms with Crippen LogP contribution in [0.1, 0.15) is 10.4 Å². The van der Waals surface area contributed by atoms with E-state index in [1.807, 2.05) is 53.4 Å². The molecule has 0 radical (unpaired) electrons. The van der Waals surface area contributed by atoms with Gasteiger partial charge in [-0.2, -0.15) is 0 Å². The van der Waals surface area contributed by atoms with E-state index in [2.05, 4.69) is 25.8 Å². The van der Waals surface area contributed by atoms with Gasteiger partial charge in [0.05, 0.1) is 11.8 Å². The summed E-state index contributed by atoms with van der Waals surface area (Å²) in [6, 6.07) is 21.7. The molecule has 0 unspecified atom stereocenters. The Kier molecular flexibility index (Phi) is 5.96. The Morgan fingerprint density at radius 3 is 2.45 bits per heavy atom. The highest BCUT2D eigenvalue weighted by atomic mass is 79.9. The Labute approximate surface area is 199 Å². The minimum atomic E-state index is -0.251. The zero-order valence-corrected chi connectivity index (χ0v) is 19.3. The Morgan fingerprint density at radius 1 is 0.939 bits per heavy atom. The molecule has 0 saturated carbocycles. The topological polar surface area (TPSA) is 49.6 Å². The summed E-state index contributed by atoms with van der Waals surface area (Å²) in [4.78, 5) is 21.8. The van der Waals surface area contributed by atoms with Crippen LogP contribution >= 0.6 is 15.9 Å². The van der Waals surface area contributed by atoms with E-state index >= 15 is 0 Å². The summed E-state index contributed by atoms with van der Waals surface area (Å²) in [5.74, 6) is 0.755. The van der Waals surface area contributed by atoms with Crippen molar-refractivity contribution in [2.45, 2.75) is 0 Å². The van der Waals surface area contributed by atoms with Crippen LogP contribution in [0.3, 0.4) is 0 Å². The van der Waals surface area contributed by atoms with E-state index in [1.54, 1.807) is 18.3 Å². The lowest BCUT2D eigenvalue weighted by Crippen LogP contribution is -2.48. The summed E-state index contributed by atoms with van der Waals surface area (Å²) in [6.07, 6.45) is 1.68. The second kappa shape index (κ2) is 9.19. The minimum absolute atomic E-state index is 0.0495. The van der Waals surface area contributed by atoms with Gasteiger partial charge in [0.2, 0.25) is 5.89 Å². The number of carbonyl (C=O) groups excluding carboxylic acids is 1. The Morgan fingerprint density at radius 2 is 1.70 bits per heavy atom. The number of piperazine rings is 1. The number of aromatic nitrogens is 1. The first-order chi connectivity index (χ1) is 16.1. The third-order valence-corrected chi connectivity index (χ3v) is 6.25. The molecule has 0 N–H and O–H groups in total. The van der Waals surface area contributed by atoms with Crippen LogP contribution in [-0.4, -0.2) is 42.0 Å². The average Bonchev–Trinajstić information content (AvgIpc) is 3.35. The first-order valence-corrected chi connectivity index (χ1v) is 11.5. The van der Waals surface area contributed by atoms with Crippen molar-refractivity contribution in [2.24, 2.45) is 0 Å². The van der Waals surface area contributed by atoms with E-state index < -0.39 is 0 Å². The molecule has 1 aliphatic rings. The molecule has 166 valence electrons. The lowest BCUT2D eigenvalue weighted by molar-refractivity contribution is 0.0747. The van der Waals surface area contributed by atoms with Crippen molar-refractivity contribution >= 4 is 27.5 Å². The van der Waals surface area contributed by atoms with E-state index in [4.69, 9.17) is 4.42 Å². The number of amides is 1. The Bertz CT molecular complexity index is 1280. The van der Waals surface area contributed by atoms with Gasteiger partial charge in [0.25, 0.3) is 5.91 Å². The first kappa shape index (κ1) is 21.4. The quantitative estimate of drug-likeness (QED) is 0.347. The number of carbonyl (C=O) groups is 1. The summed E-state index contributed by atoms with van der Waals surface area (Å²) < 4.78 is 20.2. The molecular weight excluding hydrogens is 485 g/mol. The smallest absolute Gasteiger partial charge is 0.254 e. The predicted octanol–water partition coefficient (Wildman–Crippen LogP) is 5.87. The number of benzene rings is 3. The minimum Gasteiger partial charge on any atom is -0.436 e. The molecule has 33 heavy (non-hydrogen) atoms. The summed E-state index contributed by atoms with van der Waals surface area (Å²) in [7, 11) is 0. The Balaban J connectivity index is 1.34. The van der Waals surface area contributed by atoms with Gasteiger partial charge in [0.1, 0.15) is 5.82 Å². The van der Waals surface area contributed by atoms with Gasteiger partial charge in [-0.15, -0.1) is 0 Å². The van der Waals surface area contributed by atoms with Gasteiger partial charge in [0.15, 0.2) is 5.76 Å². The average molecular weight is 506 g/mol. The summed E-state index contributed by atoms with van der Waals surface area (Å²) in [5.41, 5.74) is 3.10. The van der Waals surface area contributed by atoms with Crippen molar-refractivity contribution in [3.63, 3.8) is 0 Å². The van der Waals surface area contributed by atoms with Crippen molar-refractivity contribution in [1.29, 1.82) is 0 Å². The van der Waals surface area contributed by atoms with Crippen molar-refractivity contribution in [3.8, 4) is 22.8 Å². The maximum Gasteiger partial charge on any atom is 0.254 e. The van der Waals surface area contributed by atoms with Crippen LogP contribution < -0.4 is 4.90 Å². The van der Waals surface area contributed by atoms with Gasteiger partial charge >= 0.3 is 0 Å². The third-order valence-electron chi connectivity index (χ3n) is 5.76. The fourth-order valence-corrected chi connectivity index (χ4v) is 4.42. The Hall–Kier alpha value is -3.45. The molecule has 1 fully saturated rings. The fourth-order valence-electron chi connectivity index (χ4n) is 4.02. The lowest BCUT2D eigenvalue weighted by atomic mass is 10.1. The van der Waals surface area contributed by atoms with Gasteiger partial charge in [-0.3, -0.25) is 4.79 Å². The number of halogens is 2. The van der Waals surface area contributed by atoms with Crippen LogP contribution in [0.2, 0.25) is 0 Å². The maximum atomic E-state index is 13.4. The number of anilines is 1. The first-order valence-electron chi connectivity index (χ1n) is 10.7. The van der Waals surface area contributed by atoms with Crippen LogP contribution in [0, 0.1) is 5.82 Å². The van der Waals surface area contributed by atoms with Gasteiger partial charge < -0.3 is 14.2 Å². The molecular formula is C26H21BrFN3O2. The van der Waals surface area contributed by atoms with E-state index in [0.29, 0.717) is 49.0 Å². The van der Waals surface area contributed by atoms with E-state index in [-0.39, 0.29) is 11.7 Å². The molecule has 0 aliphatic carbocycles. The van der Waals surface area contributed by atoms with Crippen molar-refractivity contribution < 1.29 is 13.6 Å². The van der Waals surface area contributed by atoms with E-state index in [0.717, 1.165) is 15.7 Å². The summed E-state index contributed by atoms with van der Waals surface area (Å²) >= 11 is 3.48. The lowest BCUT2D eigenvalue weighted by Gasteiger charge is -2.36. The van der Waals surface area contributed by atoms with Gasteiger partial charge in [-0.05, 0) is 48.5 Å². The fraction of sp³-hybridized carbons (Fsp3) is 0.154. The largest absolute Gasteiger partial charge is 0.436 e. The molecule has 1 saturated heterocycles. The molecule has 5 nitrogen and oxygen atoms in total. The number of oxazole rings is 1. The molecule has 2 heterocycles. The molecule has 1 aliphatic heterocycles. The maximum absolute atomic E-state index is 13.4. The van der Waals surface area contributed by atoms with Gasteiger partial charge in [0, 0.05) is 47.5 Å². The van der Waals surface area contributed by atoms with Crippen molar-refractivity contribution in [3.05, 3.63) is 94.8 Å². The van der Waals surface area contributed by atoms with Crippen molar-refractivity contribution in [2.75, 3.05) is 31.1 Å². The SMILES string of the molecule is O=C(c1ccccc1-c1ncc(-c2cccc(Br)c2)o1)N1CCN(c2ccc(F)cc2)CC1. The normalized spacial score (nSPS) is 13.9. The highest BCUT2D eigenvalue weighted by molar-refractivity contribution is 9.10. The number of hydrogen-bond acceptors (Lipinski definition) is 4. The van der Waals surface area contributed by atoms with E-state index in [9.17, 15) is 9.18 Å². The second-order valence-corrected chi connectivity index (χ2v) is 8.76. The molecule has 1 amide bonds. The number of nitrogens with zero attached hydrogens (tertiary/aromatic N) is 3. The molecule has 0 spiro atoms. The van der Waals surface area contributed by atoms with Crippen LogP contribution in [0.25, 0.3) is 22.8 Å².